The largest absolute Gasteiger partial charge is 0.469 e. The molecule has 0 saturated carbocycles. The monoisotopic (exact) mass is 289 g/mol. The molecule has 1 fully saturated rings. The number of carbonyl (C=O) groups is 1. The maximum absolute atomic E-state index is 11.7. The molecular formula is C14H15N3O4. The van der Waals surface area contributed by atoms with E-state index >= 15 is 0 Å². The summed E-state index contributed by atoms with van der Waals surface area (Å²) in [6.45, 7) is 2.76. The lowest BCUT2D eigenvalue weighted by atomic mass is 9.99. The lowest BCUT2D eigenvalue weighted by molar-refractivity contribution is -0.384. The number of methoxy groups -OCH3 is 1. The molecule has 0 aliphatic carbocycles. The van der Waals surface area contributed by atoms with Crippen molar-refractivity contribution < 1.29 is 14.5 Å². The summed E-state index contributed by atoms with van der Waals surface area (Å²) in [4.78, 5) is 24.1. The zero-order valence-corrected chi connectivity index (χ0v) is 11.8. The van der Waals surface area contributed by atoms with Gasteiger partial charge in [0.2, 0.25) is 0 Å². The van der Waals surface area contributed by atoms with E-state index in [0.29, 0.717) is 24.3 Å². The highest BCUT2D eigenvalue weighted by Crippen LogP contribution is 2.35. The summed E-state index contributed by atoms with van der Waals surface area (Å²) in [6, 6.07) is 6.20. The molecule has 1 aliphatic heterocycles. The van der Waals surface area contributed by atoms with Gasteiger partial charge in [-0.15, -0.1) is 0 Å². The molecule has 0 radical (unpaired) electrons. The average molecular weight is 289 g/mol. The first kappa shape index (κ1) is 14.8. The molecule has 1 aromatic carbocycles. The smallest absolute Gasteiger partial charge is 0.310 e. The normalized spacial score (nSPS) is 20.9. The molecule has 0 spiro atoms. The van der Waals surface area contributed by atoms with Gasteiger partial charge in [0.15, 0.2) is 0 Å². The fourth-order valence-electron chi connectivity index (χ4n) is 2.62. The Morgan fingerprint density at radius 2 is 2.24 bits per heavy atom. The second kappa shape index (κ2) is 5.79. The van der Waals surface area contributed by atoms with Crippen molar-refractivity contribution in [1.82, 2.24) is 0 Å². The van der Waals surface area contributed by atoms with Crippen LogP contribution in [0.2, 0.25) is 0 Å². The van der Waals surface area contributed by atoms with E-state index in [1.54, 1.807) is 4.90 Å². The van der Waals surface area contributed by atoms with Crippen LogP contribution in [0, 0.1) is 33.3 Å². The van der Waals surface area contributed by atoms with E-state index in [0.717, 1.165) is 0 Å². The van der Waals surface area contributed by atoms with E-state index < -0.39 is 4.92 Å². The second-order valence-electron chi connectivity index (χ2n) is 5.08. The van der Waals surface area contributed by atoms with Gasteiger partial charge in [-0.1, -0.05) is 6.92 Å². The van der Waals surface area contributed by atoms with E-state index in [4.69, 9.17) is 10.00 Å². The highest BCUT2D eigenvalue weighted by atomic mass is 16.6. The fraction of sp³-hybridized carbons (Fsp3) is 0.429. The van der Waals surface area contributed by atoms with Crippen LogP contribution >= 0.6 is 0 Å². The van der Waals surface area contributed by atoms with Crippen molar-refractivity contribution in [2.24, 2.45) is 11.8 Å². The molecule has 0 amide bonds. The Morgan fingerprint density at radius 1 is 1.52 bits per heavy atom. The number of esters is 1. The average Bonchev–Trinajstić information content (AvgIpc) is 2.87. The van der Waals surface area contributed by atoms with Crippen LogP contribution in [0.3, 0.4) is 0 Å². The lowest BCUT2D eigenvalue weighted by Crippen LogP contribution is -2.24. The van der Waals surface area contributed by atoms with Crippen LogP contribution in [0.1, 0.15) is 12.5 Å². The zero-order chi connectivity index (χ0) is 15.6. The molecule has 1 aliphatic rings. The first-order valence-corrected chi connectivity index (χ1v) is 6.49. The van der Waals surface area contributed by atoms with Crippen LogP contribution in [-0.2, 0) is 9.53 Å². The summed E-state index contributed by atoms with van der Waals surface area (Å²) in [5.41, 5.74) is 0.661. The van der Waals surface area contributed by atoms with Gasteiger partial charge in [-0.05, 0) is 18.1 Å². The van der Waals surface area contributed by atoms with Crippen molar-refractivity contribution in [3.63, 3.8) is 0 Å². The third-order valence-electron chi connectivity index (χ3n) is 3.76. The van der Waals surface area contributed by atoms with Crippen LogP contribution in [0.5, 0.6) is 0 Å². The number of rotatable bonds is 3. The summed E-state index contributed by atoms with van der Waals surface area (Å²) in [6.07, 6.45) is 0. The van der Waals surface area contributed by atoms with Gasteiger partial charge in [-0.2, -0.15) is 5.26 Å². The quantitative estimate of drug-likeness (QED) is 0.477. The molecule has 21 heavy (non-hydrogen) atoms. The molecular weight excluding hydrogens is 274 g/mol. The fourth-order valence-corrected chi connectivity index (χ4v) is 2.62. The van der Waals surface area contributed by atoms with Gasteiger partial charge in [0.05, 0.1) is 29.6 Å². The molecule has 7 heteroatoms. The van der Waals surface area contributed by atoms with Crippen LogP contribution in [0.15, 0.2) is 18.2 Å². The minimum Gasteiger partial charge on any atom is -0.469 e. The Labute approximate surface area is 121 Å². The molecule has 2 atom stereocenters. The van der Waals surface area contributed by atoms with Gasteiger partial charge >= 0.3 is 5.97 Å². The van der Waals surface area contributed by atoms with Crippen molar-refractivity contribution >= 4 is 17.3 Å². The van der Waals surface area contributed by atoms with E-state index in [-0.39, 0.29) is 23.5 Å². The molecule has 2 rings (SSSR count). The standard InChI is InChI=1S/C14H15N3O4/c1-9-7-16(8-11(9)14(18)21-2)13-5-10(6-15)3-4-12(13)17(19)20/h3-5,9,11H,7-8H2,1-2H3. The Morgan fingerprint density at radius 3 is 2.81 bits per heavy atom. The lowest BCUT2D eigenvalue weighted by Gasteiger charge is -2.18. The van der Waals surface area contributed by atoms with E-state index in [1.807, 2.05) is 13.0 Å². The minimum absolute atomic E-state index is 0.0304. The summed E-state index contributed by atoms with van der Waals surface area (Å²) in [5.74, 6) is -0.604. The minimum atomic E-state index is -0.480. The number of benzene rings is 1. The first-order chi connectivity index (χ1) is 9.97. The maximum Gasteiger partial charge on any atom is 0.310 e. The van der Waals surface area contributed by atoms with Crippen LogP contribution in [0.25, 0.3) is 0 Å². The summed E-state index contributed by atoms with van der Waals surface area (Å²) in [7, 11) is 1.33. The Hall–Kier alpha value is -2.62. The Kier molecular flexibility index (Phi) is 4.08. The molecule has 0 N–H and O–H groups in total. The van der Waals surface area contributed by atoms with E-state index in [2.05, 4.69) is 0 Å². The van der Waals surface area contributed by atoms with Crippen LogP contribution in [-0.4, -0.2) is 31.1 Å². The number of ether oxygens (including phenoxy) is 1. The van der Waals surface area contributed by atoms with E-state index in [9.17, 15) is 14.9 Å². The number of nitrogens with zero attached hydrogens (tertiary/aromatic N) is 3. The Balaban J connectivity index is 2.36. The van der Waals surface area contributed by atoms with E-state index in [1.165, 1.54) is 25.3 Å². The van der Waals surface area contributed by atoms with Crippen LogP contribution < -0.4 is 4.90 Å². The van der Waals surface area contributed by atoms with Gasteiger partial charge < -0.3 is 9.64 Å². The summed E-state index contributed by atoms with van der Waals surface area (Å²) < 4.78 is 4.76. The van der Waals surface area contributed by atoms with Crippen molar-refractivity contribution in [2.75, 3.05) is 25.1 Å². The third kappa shape index (κ3) is 2.79. The molecule has 1 heterocycles. The Bertz CT molecular complexity index is 623. The number of nitriles is 1. The predicted octanol–water partition coefficient (Wildman–Crippen LogP) is 1.71. The predicted molar refractivity (Wildman–Crippen MR) is 74.7 cm³/mol. The first-order valence-electron chi connectivity index (χ1n) is 6.49. The SMILES string of the molecule is COC(=O)C1CN(c2cc(C#N)ccc2[N+](=O)[O-])CC1C. The van der Waals surface area contributed by atoms with Crippen LogP contribution in [0.4, 0.5) is 11.4 Å². The van der Waals surface area contributed by atoms with Gasteiger partial charge in [0.1, 0.15) is 5.69 Å². The second-order valence-corrected chi connectivity index (χ2v) is 5.08. The van der Waals surface area contributed by atoms with Gasteiger partial charge in [-0.3, -0.25) is 14.9 Å². The summed E-state index contributed by atoms with van der Waals surface area (Å²) >= 11 is 0. The van der Waals surface area contributed by atoms with Crippen molar-refractivity contribution in [3.05, 3.63) is 33.9 Å². The van der Waals surface area contributed by atoms with Gasteiger partial charge in [-0.25, -0.2) is 0 Å². The maximum atomic E-state index is 11.7. The van der Waals surface area contributed by atoms with Crippen molar-refractivity contribution in [1.29, 1.82) is 5.26 Å². The number of carbonyl (C=O) groups excluding carboxylic acids is 1. The number of anilines is 1. The molecule has 110 valence electrons. The topological polar surface area (TPSA) is 96.5 Å². The molecule has 1 saturated heterocycles. The summed E-state index contributed by atoms with van der Waals surface area (Å²) in [5, 5.41) is 20.1. The molecule has 7 nitrogen and oxygen atoms in total. The van der Waals surface area contributed by atoms with Gasteiger partial charge in [0.25, 0.3) is 5.69 Å². The third-order valence-corrected chi connectivity index (χ3v) is 3.76. The number of nitro benzene ring substituents is 1. The van der Waals surface area contributed by atoms with Crippen molar-refractivity contribution in [2.45, 2.75) is 6.92 Å². The molecule has 1 aromatic rings. The molecule has 2 unspecified atom stereocenters. The highest BCUT2D eigenvalue weighted by molar-refractivity contribution is 5.76. The number of nitro groups is 1. The number of hydrogen-bond donors (Lipinski definition) is 0. The highest BCUT2D eigenvalue weighted by Gasteiger charge is 2.37. The molecule has 0 aromatic heterocycles. The zero-order valence-electron chi connectivity index (χ0n) is 11.8. The van der Waals surface area contributed by atoms with Gasteiger partial charge in [0, 0.05) is 19.2 Å². The van der Waals surface area contributed by atoms with Crippen molar-refractivity contribution in [3.8, 4) is 6.07 Å². The number of hydrogen-bond acceptors (Lipinski definition) is 6. The molecule has 0 bridgehead atoms.